The molecule has 0 saturated carbocycles. The summed E-state index contributed by atoms with van der Waals surface area (Å²) in [7, 11) is 0. The third kappa shape index (κ3) is 3.39. The summed E-state index contributed by atoms with van der Waals surface area (Å²) < 4.78 is 13.0. The molecule has 0 atom stereocenters. The minimum atomic E-state index is -0.431. The lowest BCUT2D eigenvalue weighted by Gasteiger charge is -2.55. The van der Waals surface area contributed by atoms with E-state index in [1.807, 2.05) is 12.1 Å². The van der Waals surface area contributed by atoms with Gasteiger partial charge < -0.3 is 4.90 Å². The first kappa shape index (κ1) is 16.1. The number of hydrogen-bond acceptors (Lipinski definition) is 5. The second-order valence-electron chi connectivity index (χ2n) is 7.22. The lowest BCUT2D eigenvalue weighted by molar-refractivity contribution is -0.0159. The van der Waals surface area contributed by atoms with Crippen LogP contribution in [-0.4, -0.2) is 47.3 Å². The van der Waals surface area contributed by atoms with E-state index in [0.717, 1.165) is 56.7 Å². The maximum Gasteiger partial charge on any atom is 0.212 e. The summed E-state index contributed by atoms with van der Waals surface area (Å²) in [6.45, 7) is 5.00. The Bertz CT molecular complexity index is 741. The number of aromatic nitrogens is 2. The van der Waals surface area contributed by atoms with Gasteiger partial charge in [0.1, 0.15) is 5.69 Å². The predicted octanol–water partition coefficient (Wildman–Crippen LogP) is 2.53. The quantitative estimate of drug-likeness (QED) is 0.632. The van der Waals surface area contributed by atoms with Crippen molar-refractivity contribution in [3.05, 3.63) is 53.9 Å². The molecule has 2 saturated heterocycles. The fraction of sp³-hybridized carbons (Fsp3) is 0.421. The topological polar surface area (TPSA) is 49.3 Å². The molecule has 0 N–H and O–H groups in total. The van der Waals surface area contributed by atoms with Gasteiger partial charge in [-0.05, 0) is 36.6 Å². The SMILES string of the molecule is O=Cc1ccc(CN2CC3(CCCN(c4ccc(F)nc4)C3)C2)cn1. The molecule has 2 fully saturated rings. The van der Waals surface area contributed by atoms with E-state index in [1.54, 1.807) is 18.5 Å². The summed E-state index contributed by atoms with van der Waals surface area (Å²) in [6, 6.07) is 6.98. The number of likely N-dealkylation sites (tertiary alicyclic amines) is 1. The molecule has 2 aliphatic rings. The molecule has 4 heterocycles. The summed E-state index contributed by atoms with van der Waals surface area (Å²) in [5.41, 5.74) is 2.94. The lowest BCUT2D eigenvalue weighted by Crippen LogP contribution is -2.62. The molecule has 130 valence electrons. The highest BCUT2D eigenvalue weighted by Gasteiger charge is 2.45. The number of anilines is 1. The van der Waals surface area contributed by atoms with Crippen LogP contribution in [0.25, 0.3) is 0 Å². The van der Waals surface area contributed by atoms with E-state index >= 15 is 0 Å². The van der Waals surface area contributed by atoms with Crippen molar-refractivity contribution in [1.82, 2.24) is 14.9 Å². The molecule has 25 heavy (non-hydrogen) atoms. The van der Waals surface area contributed by atoms with E-state index in [0.29, 0.717) is 11.1 Å². The Kier molecular flexibility index (Phi) is 4.21. The highest BCUT2D eigenvalue weighted by molar-refractivity contribution is 5.71. The van der Waals surface area contributed by atoms with Gasteiger partial charge in [-0.3, -0.25) is 14.7 Å². The Morgan fingerprint density at radius 1 is 1.12 bits per heavy atom. The van der Waals surface area contributed by atoms with Crippen LogP contribution >= 0.6 is 0 Å². The van der Waals surface area contributed by atoms with Crippen molar-refractivity contribution >= 4 is 12.0 Å². The van der Waals surface area contributed by atoms with Crippen molar-refractivity contribution in [2.45, 2.75) is 19.4 Å². The molecule has 2 aromatic rings. The molecule has 0 radical (unpaired) electrons. The van der Waals surface area contributed by atoms with Gasteiger partial charge in [-0.2, -0.15) is 4.39 Å². The van der Waals surface area contributed by atoms with Gasteiger partial charge in [-0.1, -0.05) is 6.07 Å². The van der Waals surface area contributed by atoms with Crippen LogP contribution in [0.5, 0.6) is 0 Å². The molecule has 0 aromatic carbocycles. The highest BCUT2D eigenvalue weighted by Crippen LogP contribution is 2.40. The monoisotopic (exact) mass is 340 g/mol. The first-order valence-electron chi connectivity index (χ1n) is 8.65. The largest absolute Gasteiger partial charge is 0.370 e. The lowest BCUT2D eigenvalue weighted by atomic mass is 9.73. The van der Waals surface area contributed by atoms with Crippen molar-refractivity contribution in [1.29, 1.82) is 0 Å². The van der Waals surface area contributed by atoms with Gasteiger partial charge in [0.05, 0.1) is 11.9 Å². The van der Waals surface area contributed by atoms with E-state index in [4.69, 9.17) is 0 Å². The third-order valence-corrected chi connectivity index (χ3v) is 5.23. The molecule has 4 rings (SSSR count). The molecule has 2 aromatic heterocycles. The number of pyridine rings is 2. The summed E-state index contributed by atoms with van der Waals surface area (Å²) in [5.74, 6) is -0.431. The van der Waals surface area contributed by atoms with E-state index < -0.39 is 5.95 Å². The molecule has 0 bridgehead atoms. The van der Waals surface area contributed by atoms with Gasteiger partial charge in [-0.25, -0.2) is 4.98 Å². The third-order valence-electron chi connectivity index (χ3n) is 5.23. The number of piperidine rings is 1. The van der Waals surface area contributed by atoms with Gasteiger partial charge in [0.2, 0.25) is 5.95 Å². The number of nitrogens with zero attached hydrogens (tertiary/aromatic N) is 4. The maximum atomic E-state index is 13.0. The zero-order chi connectivity index (χ0) is 17.3. The van der Waals surface area contributed by atoms with E-state index in [-0.39, 0.29) is 0 Å². The predicted molar refractivity (Wildman–Crippen MR) is 93.0 cm³/mol. The average Bonchev–Trinajstić information content (AvgIpc) is 2.62. The molecular weight excluding hydrogens is 319 g/mol. The maximum absolute atomic E-state index is 13.0. The fourth-order valence-corrected chi connectivity index (χ4v) is 4.11. The van der Waals surface area contributed by atoms with Gasteiger partial charge in [0, 0.05) is 44.3 Å². The van der Waals surface area contributed by atoms with Crippen LogP contribution < -0.4 is 4.90 Å². The van der Waals surface area contributed by atoms with E-state index in [9.17, 15) is 9.18 Å². The van der Waals surface area contributed by atoms with Crippen LogP contribution in [0.3, 0.4) is 0 Å². The molecular formula is C19H21FN4O. The molecule has 0 amide bonds. The second kappa shape index (κ2) is 6.52. The van der Waals surface area contributed by atoms with Gasteiger partial charge in [0.15, 0.2) is 6.29 Å². The Labute approximate surface area is 146 Å². The number of carbonyl (C=O) groups is 1. The Morgan fingerprint density at radius 3 is 2.68 bits per heavy atom. The molecule has 2 aliphatic heterocycles. The summed E-state index contributed by atoms with van der Waals surface area (Å²) in [5, 5.41) is 0. The fourth-order valence-electron chi connectivity index (χ4n) is 4.11. The van der Waals surface area contributed by atoms with E-state index in [1.165, 1.54) is 12.5 Å². The van der Waals surface area contributed by atoms with Gasteiger partial charge >= 0.3 is 0 Å². The Hall–Kier alpha value is -2.34. The summed E-state index contributed by atoms with van der Waals surface area (Å²) in [6.07, 6.45) is 6.57. The summed E-state index contributed by atoms with van der Waals surface area (Å²) >= 11 is 0. The zero-order valence-electron chi connectivity index (χ0n) is 14.1. The van der Waals surface area contributed by atoms with Crippen molar-refractivity contribution in [2.75, 3.05) is 31.1 Å². The Morgan fingerprint density at radius 2 is 2.00 bits per heavy atom. The molecule has 0 aliphatic carbocycles. The smallest absolute Gasteiger partial charge is 0.212 e. The number of aldehydes is 1. The average molecular weight is 340 g/mol. The van der Waals surface area contributed by atoms with Crippen LogP contribution in [0.15, 0.2) is 36.7 Å². The number of rotatable bonds is 4. The molecule has 6 heteroatoms. The van der Waals surface area contributed by atoms with Crippen LogP contribution in [-0.2, 0) is 6.54 Å². The number of hydrogen-bond donors (Lipinski definition) is 0. The van der Waals surface area contributed by atoms with Crippen molar-refractivity contribution < 1.29 is 9.18 Å². The van der Waals surface area contributed by atoms with Crippen LogP contribution in [0.4, 0.5) is 10.1 Å². The van der Waals surface area contributed by atoms with Crippen LogP contribution in [0, 0.1) is 11.4 Å². The first-order chi connectivity index (χ1) is 12.2. The molecule has 5 nitrogen and oxygen atoms in total. The van der Waals surface area contributed by atoms with Gasteiger partial charge in [-0.15, -0.1) is 0 Å². The van der Waals surface area contributed by atoms with E-state index in [2.05, 4.69) is 19.8 Å². The number of carbonyl (C=O) groups excluding carboxylic acids is 1. The normalized spacial score (nSPS) is 19.6. The standard InChI is InChI=1S/C19H21FN4O/c20-18-5-4-17(9-22-18)24-7-1-6-19(14-24)12-23(13-19)10-15-2-3-16(11-25)21-8-15/h2-5,8-9,11H,1,6-7,10,12-14H2. The van der Waals surface area contributed by atoms with Crippen molar-refractivity contribution in [2.24, 2.45) is 5.41 Å². The minimum Gasteiger partial charge on any atom is -0.370 e. The molecule has 1 spiro atoms. The second-order valence-corrected chi connectivity index (χ2v) is 7.22. The zero-order valence-corrected chi connectivity index (χ0v) is 14.1. The van der Waals surface area contributed by atoms with Gasteiger partial charge in [0.25, 0.3) is 0 Å². The Balaban J connectivity index is 1.36. The highest BCUT2D eigenvalue weighted by atomic mass is 19.1. The van der Waals surface area contributed by atoms with Crippen molar-refractivity contribution in [3.63, 3.8) is 0 Å². The number of halogens is 1. The van der Waals surface area contributed by atoms with Crippen LogP contribution in [0.1, 0.15) is 28.9 Å². The first-order valence-corrected chi connectivity index (χ1v) is 8.65. The van der Waals surface area contributed by atoms with Crippen molar-refractivity contribution in [3.8, 4) is 0 Å². The molecule has 0 unspecified atom stereocenters. The van der Waals surface area contributed by atoms with Crippen LogP contribution in [0.2, 0.25) is 0 Å². The summed E-state index contributed by atoms with van der Waals surface area (Å²) in [4.78, 5) is 23.3. The minimum absolute atomic E-state index is 0.322.